The van der Waals surface area contributed by atoms with Gasteiger partial charge in [-0.2, -0.15) is 0 Å². The topological polar surface area (TPSA) is 25.2 Å². The van der Waals surface area contributed by atoms with Crippen molar-refractivity contribution in [3.8, 4) is 0 Å². The molecule has 2 nitrogen and oxygen atoms in total. The van der Waals surface area contributed by atoms with Gasteiger partial charge in [-0.1, -0.05) is 30.4 Å². The highest BCUT2D eigenvalue weighted by atomic mass is 14.8. The number of allylic oxidation sites excluding steroid dienone is 1. The minimum atomic E-state index is 0.860. The molecule has 0 fully saturated rings. The second-order valence-electron chi connectivity index (χ2n) is 3.69. The number of benzene rings is 1. The second-order valence-corrected chi connectivity index (χ2v) is 3.69. The predicted octanol–water partition coefficient (Wildman–Crippen LogP) is 3.91. The van der Waals surface area contributed by atoms with Crippen LogP contribution in [0.5, 0.6) is 0 Å². The van der Waals surface area contributed by atoms with Crippen molar-refractivity contribution in [2.75, 3.05) is 0 Å². The van der Waals surface area contributed by atoms with Crippen molar-refractivity contribution in [3.05, 3.63) is 41.6 Å². The van der Waals surface area contributed by atoms with Gasteiger partial charge in [-0.15, -0.1) is 0 Å². The molecule has 0 saturated heterocycles. The Labute approximate surface area is 95.4 Å². The highest BCUT2D eigenvalue weighted by Crippen LogP contribution is 2.29. The van der Waals surface area contributed by atoms with Gasteiger partial charge in [0, 0.05) is 16.6 Å². The number of aromatic nitrogens is 1. The molecular formula is C14H14N2. The van der Waals surface area contributed by atoms with E-state index in [1.165, 1.54) is 0 Å². The summed E-state index contributed by atoms with van der Waals surface area (Å²) in [5, 5.41) is 1.10. The van der Waals surface area contributed by atoms with Crippen LogP contribution in [-0.4, -0.2) is 11.7 Å². The zero-order valence-corrected chi connectivity index (χ0v) is 9.57. The highest BCUT2D eigenvalue weighted by molar-refractivity contribution is 5.94. The summed E-state index contributed by atoms with van der Waals surface area (Å²) in [7, 11) is 0. The third-order valence-electron chi connectivity index (χ3n) is 2.51. The Morgan fingerprint density at radius 3 is 2.69 bits per heavy atom. The normalized spacial score (nSPS) is 11.1. The molecule has 0 amide bonds. The summed E-state index contributed by atoms with van der Waals surface area (Å²) >= 11 is 0. The molecule has 1 aromatic carbocycles. The largest absolute Gasteiger partial charge is 0.262 e. The third kappa shape index (κ3) is 1.74. The number of fused-ring (bicyclic) bond motifs is 1. The SMILES string of the molecule is C=Nc1c(/C=C\C)ccc2ccc(C)nc12. The van der Waals surface area contributed by atoms with Crippen LogP contribution in [0.25, 0.3) is 17.0 Å². The van der Waals surface area contributed by atoms with E-state index in [1.54, 1.807) is 0 Å². The van der Waals surface area contributed by atoms with E-state index >= 15 is 0 Å². The molecule has 0 aliphatic rings. The molecule has 2 heteroatoms. The number of aliphatic imine (C=N–C) groups is 1. The molecule has 80 valence electrons. The van der Waals surface area contributed by atoms with E-state index in [-0.39, 0.29) is 0 Å². The first-order valence-electron chi connectivity index (χ1n) is 5.26. The van der Waals surface area contributed by atoms with Gasteiger partial charge in [-0.25, -0.2) is 0 Å². The summed E-state index contributed by atoms with van der Waals surface area (Å²) in [6, 6.07) is 8.17. The summed E-state index contributed by atoms with van der Waals surface area (Å²) in [6.07, 6.45) is 4.01. The first-order chi connectivity index (χ1) is 7.76. The van der Waals surface area contributed by atoms with Gasteiger partial charge in [0.05, 0.1) is 11.2 Å². The monoisotopic (exact) mass is 210 g/mol. The van der Waals surface area contributed by atoms with Crippen LogP contribution >= 0.6 is 0 Å². The van der Waals surface area contributed by atoms with Crippen molar-refractivity contribution in [1.29, 1.82) is 0 Å². The average Bonchev–Trinajstić information content (AvgIpc) is 2.29. The third-order valence-corrected chi connectivity index (χ3v) is 2.51. The van der Waals surface area contributed by atoms with Crippen LogP contribution in [0.4, 0.5) is 5.69 Å². The molecule has 0 unspecified atom stereocenters. The van der Waals surface area contributed by atoms with Crippen LogP contribution in [0.3, 0.4) is 0 Å². The molecule has 1 aromatic heterocycles. The summed E-state index contributed by atoms with van der Waals surface area (Å²) in [4.78, 5) is 8.62. The molecule has 0 atom stereocenters. The molecule has 0 N–H and O–H groups in total. The molecule has 0 saturated carbocycles. The Bertz CT molecular complexity index is 568. The second kappa shape index (κ2) is 4.27. The molecule has 0 bridgehead atoms. The lowest BCUT2D eigenvalue weighted by Crippen LogP contribution is -1.85. The van der Waals surface area contributed by atoms with Crippen LogP contribution in [0.15, 0.2) is 35.3 Å². The first-order valence-corrected chi connectivity index (χ1v) is 5.26. The molecule has 2 aromatic rings. The Balaban J connectivity index is 2.83. The summed E-state index contributed by atoms with van der Waals surface area (Å²) < 4.78 is 0. The maximum absolute atomic E-state index is 4.52. The standard InChI is InChI=1S/C14H14N2/c1-4-5-11-8-9-12-7-6-10(2)16-14(12)13(11)15-3/h4-9H,3H2,1-2H3/b5-4-. The maximum atomic E-state index is 4.52. The fourth-order valence-corrected chi connectivity index (χ4v) is 1.77. The summed E-state index contributed by atoms with van der Waals surface area (Å²) in [5.74, 6) is 0. The van der Waals surface area contributed by atoms with E-state index in [4.69, 9.17) is 0 Å². The van der Waals surface area contributed by atoms with E-state index in [1.807, 2.05) is 38.1 Å². The maximum Gasteiger partial charge on any atom is 0.0967 e. The Kier molecular flexibility index (Phi) is 2.82. The van der Waals surface area contributed by atoms with Gasteiger partial charge < -0.3 is 0 Å². The average molecular weight is 210 g/mol. The lowest BCUT2D eigenvalue weighted by Gasteiger charge is -2.05. The van der Waals surface area contributed by atoms with Gasteiger partial charge in [0.25, 0.3) is 0 Å². The Morgan fingerprint density at radius 1 is 1.25 bits per heavy atom. The molecule has 0 radical (unpaired) electrons. The van der Waals surface area contributed by atoms with Crippen LogP contribution in [0.1, 0.15) is 18.2 Å². The fourth-order valence-electron chi connectivity index (χ4n) is 1.77. The molecule has 0 aliphatic carbocycles. The van der Waals surface area contributed by atoms with Crippen molar-refractivity contribution in [2.45, 2.75) is 13.8 Å². The zero-order valence-electron chi connectivity index (χ0n) is 9.57. The highest BCUT2D eigenvalue weighted by Gasteiger charge is 2.05. The van der Waals surface area contributed by atoms with Crippen molar-refractivity contribution >= 4 is 29.4 Å². The number of rotatable bonds is 2. The van der Waals surface area contributed by atoms with Crippen molar-refractivity contribution < 1.29 is 0 Å². The number of pyridine rings is 1. The van der Waals surface area contributed by atoms with E-state index < -0.39 is 0 Å². The minimum absolute atomic E-state index is 0.860. The van der Waals surface area contributed by atoms with Gasteiger partial charge in [0.2, 0.25) is 0 Å². The zero-order chi connectivity index (χ0) is 11.5. The fraction of sp³-hybridized carbons (Fsp3) is 0.143. The van der Waals surface area contributed by atoms with Gasteiger partial charge >= 0.3 is 0 Å². The first kappa shape index (κ1) is 10.6. The Hall–Kier alpha value is -1.96. The Morgan fingerprint density at radius 2 is 2.00 bits per heavy atom. The van der Waals surface area contributed by atoms with Gasteiger partial charge in [0.15, 0.2) is 0 Å². The van der Waals surface area contributed by atoms with Crippen LogP contribution < -0.4 is 0 Å². The van der Waals surface area contributed by atoms with Crippen LogP contribution in [-0.2, 0) is 0 Å². The lowest BCUT2D eigenvalue weighted by atomic mass is 10.1. The van der Waals surface area contributed by atoms with E-state index in [0.29, 0.717) is 0 Å². The molecule has 2 rings (SSSR count). The molecule has 0 spiro atoms. The summed E-state index contributed by atoms with van der Waals surface area (Å²) in [5.41, 5.74) is 3.84. The summed E-state index contributed by atoms with van der Waals surface area (Å²) in [6.45, 7) is 7.60. The van der Waals surface area contributed by atoms with E-state index in [9.17, 15) is 0 Å². The molecule has 16 heavy (non-hydrogen) atoms. The van der Waals surface area contributed by atoms with Gasteiger partial charge in [0.1, 0.15) is 0 Å². The van der Waals surface area contributed by atoms with E-state index in [2.05, 4.69) is 28.8 Å². The van der Waals surface area contributed by atoms with E-state index in [0.717, 1.165) is 27.8 Å². The number of aryl methyl sites for hydroxylation is 1. The van der Waals surface area contributed by atoms with Crippen molar-refractivity contribution in [3.63, 3.8) is 0 Å². The predicted molar refractivity (Wildman–Crippen MR) is 70.4 cm³/mol. The number of hydrogen-bond donors (Lipinski definition) is 0. The lowest BCUT2D eigenvalue weighted by molar-refractivity contribution is 1.25. The van der Waals surface area contributed by atoms with Crippen LogP contribution in [0, 0.1) is 6.92 Å². The minimum Gasteiger partial charge on any atom is -0.262 e. The van der Waals surface area contributed by atoms with Crippen molar-refractivity contribution in [2.24, 2.45) is 4.99 Å². The van der Waals surface area contributed by atoms with Gasteiger partial charge in [-0.05, 0) is 26.6 Å². The van der Waals surface area contributed by atoms with Gasteiger partial charge in [-0.3, -0.25) is 9.98 Å². The quantitative estimate of drug-likeness (QED) is 0.690. The molecule has 0 aliphatic heterocycles. The number of hydrogen-bond acceptors (Lipinski definition) is 2. The molecular weight excluding hydrogens is 196 g/mol. The van der Waals surface area contributed by atoms with Crippen molar-refractivity contribution in [1.82, 2.24) is 4.98 Å². The molecule has 1 heterocycles. The number of nitrogens with zero attached hydrogens (tertiary/aromatic N) is 2. The van der Waals surface area contributed by atoms with Crippen LogP contribution in [0.2, 0.25) is 0 Å². The smallest absolute Gasteiger partial charge is 0.0967 e.